The molecule has 1 atom stereocenters. The minimum absolute atomic E-state index is 0.00258. The van der Waals surface area contributed by atoms with E-state index in [1.807, 2.05) is 12.1 Å². The number of hydrogen-bond donors (Lipinski definition) is 0. The molecule has 0 N–H and O–H groups in total. The lowest BCUT2D eigenvalue weighted by Gasteiger charge is -2.23. The second-order valence-electron chi connectivity index (χ2n) is 6.48. The van der Waals surface area contributed by atoms with Crippen LogP contribution >= 0.6 is 0 Å². The van der Waals surface area contributed by atoms with E-state index in [-0.39, 0.29) is 5.56 Å². The second-order valence-corrected chi connectivity index (χ2v) is 6.48. The molecule has 6 heteroatoms. The van der Waals surface area contributed by atoms with Gasteiger partial charge in [0.05, 0.1) is 18.8 Å². The van der Waals surface area contributed by atoms with E-state index in [0.29, 0.717) is 18.5 Å². The Hall–Kier alpha value is -2.08. The SMILES string of the molecule is O=c1ccc(C2CC2)nn1CC1CCCN1Cc1ncccn1. The zero-order valence-corrected chi connectivity index (χ0v) is 13.1. The lowest BCUT2D eigenvalue weighted by atomic mass is 10.2. The highest BCUT2D eigenvalue weighted by Gasteiger charge is 2.28. The quantitative estimate of drug-likeness (QED) is 0.839. The minimum atomic E-state index is -0.00258. The second kappa shape index (κ2) is 6.20. The van der Waals surface area contributed by atoms with Crippen molar-refractivity contribution in [1.82, 2.24) is 24.6 Å². The molecular formula is C17H21N5O. The number of hydrogen-bond acceptors (Lipinski definition) is 5. The van der Waals surface area contributed by atoms with E-state index < -0.39 is 0 Å². The highest BCUT2D eigenvalue weighted by atomic mass is 16.1. The molecule has 1 saturated carbocycles. The van der Waals surface area contributed by atoms with Crippen LogP contribution in [0.4, 0.5) is 0 Å². The summed E-state index contributed by atoms with van der Waals surface area (Å²) in [5.74, 6) is 1.41. The molecule has 3 heterocycles. The molecular weight excluding hydrogens is 290 g/mol. The van der Waals surface area contributed by atoms with Crippen molar-refractivity contribution in [3.63, 3.8) is 0 Å². The smallest absolute Gasteiger partial charge is 0.266 e. The van der Waals surface area contributed by atoms with E-state index >= 15 is 0 Å². The Kier molecular flexibility index (Phi) is 3.91. The summed E-state index contributed by atoms with van der Waals surface area (Å²) >= 11 is 0. The van der Waals surface area contributed by atoms with Crippen LogP contribution < -0.4 is 5.56 Å². The zero-order chi connectivity index (χ0) is 15.6. The van der Waals surface area contributed by atoms with Crippen LogP contribution in [-0.2, 0) is 13.1 Å². The van der Waals surface area contributed by atoms with Crippen molar-refractivity contribution >= 4 is 0 Å². The molecule has 23 heavy (non-hydrogen) atoms. The maximum atomic E-state index is 12.1. The standard InChI is InChI=1S/C17H21N5O/c23-17-7-6-15(13-4-5-13)20-22(17)11-14-3-1-10-21(14)12-16-18-8-2-9-19-16/h2,6-9,13-14H,1,3-5,10-12H2. The van der Waals surface area contributed by atoms with Gasteiger partial charge in [-0.25, -0.2) is 14.6 Å². The Balaban J connectivity index is 1.49. The molecule has 0 aromatic carbocycles. The van der Waals surface area contributed by atoms with Crippen molar-refractivity contribution in [2.24, 2.45) is 0 Å². The summed E-state index contributed by atoms with van der Waals surface area (Å²) in [6.45, 7) is 2.43. The lowest BCUT2D eigenvalue weighted by molar-refractivity contribution is 0.211. The van der Waals surface area contributed by atoms with Gasteiger partial charge in [-0.3, -0.25) is 9.69 Å². The molecule has 0 spiro atoms. The van der Waals surface area contributed by atoms with Crippen LogP contribution in [0.1, 0.15) is 43.1 Å². The van der Waals surface area contributed by atoms with Crippen molar-refractivity contribution in [2.75, 3.05) is 6.54 Å². The molecule has 1 unspecified atom stereocenters. The van der Waals surface area contributed by atoms with Gasteiger partial charge in [-0.15, -0.1) is 0 Å². The van der Waals surface area contributed by atoms with E-state index in [1.165, 1.54) is 12.8 Å². The van der Waals surface area contributed by atoms with Crippen LogP contribution in [0.15, 0.2) is 35.4 Å². The first-order valence-corrected chi connectivity index (χ1v) is 8.37. The monoisotopic (exact) mass is 311 g/mol. The Morgan fingerprint density at radius 1 is 1.13 bits per heavy atom. The van der Waals surface area contributed by atoms with Crippen molar-refractivity contribution in [1.29, 1.82) is 0 Å². The summed E-state index contributed by atoms with van der Waals surface area (Å²) < 4.78 is 1.66. The predicted molar refractivity (Wildman–Crippen MR) is 85.9 cm³/mol. The van der Waals surface area contributed by atoms with Crippen LogP contribution in [0.2, 0.25) is 0 Å². The van der Waals surface area contributed by atoms with E-state index in [1.54, 1.807) is 23.1 Å². The summed E-state index contributed by atoms with van der Waals surface area (Å²) in [4.78, 5) is 23.1. The molecule has 2 aliphatic rings. The Labute approximate surface area is 135 Å². The van der Waals surface area contributed by atoms with Crippen molar-refractivity contribution in [3.05, 3.63) is 52.5 Å². The fraction of sp³-hybridized carbons (Fsp3) is 0.529. The number of rotatable bonds is 5. The largest absolute Gasteiger partial charge is 0.291 e. The van der Waals surface area contributed by atoms with Gasteiger partial charge in [0.1, 0.15) is 5.82 Å². The van der Waals surface area contributed by atoms with Crippen LogP contribution in [-0.4, -0.2) is 37.2 Å². The van der Waals surface area contributed by atoms with Crippen LogP contribution in [0.5, 0.6) is 0 Å². The fourth-order valence-electron chi connectivity index (χ4n) is 3.30. The summed E-state index contributed by atoms with van der Waals surface area (Å²) in [5, 5.41) is 4.59. The average molecular weight is 311 g/mol. The first-order chi connectivity index (χ1) is 11.3. The lowest BCUT2D eigenvalue weighted by Crippen LogP contribution is -2.37. The van der Waals surface area contributed by atoms with Crippen LogP contribution in [0, 0.1) is 0 Å². The maximum absolute atomic E-state index is 12.1. The predicted octanol–water partition coefficient (Wildman–Crippen LogP) is 1.58. The summed E-state index contributed by atoms with van der Waals surface area (Å²) in [5.41, 5.74) is 1.07. The van der Waals surface area contributed by atoms with Gasteiger partial charge in [0, 0.05) is 30.4 Å². The maximum Gasteiger partial charge on any atom is 0.266 e. The normalized spacial score (nSPS) is 21.7. The van der Waals surface area contributed by atoms with Gasteiger partial charge in [0.25, 0.3) is 5.56 Å². The molecule has 1 aliphatic carbocycles. The van der Waals surface area contributed by atoms with Gasteiger partial charge in [-0.1, -0.05) is 0 Å². The summed E-state index contributed by atoms with van der Waals surface area (Å²) in [6, 6.07) is 5.72. The molecule has 0 bridgehead atoms. The van der Waals surface area contributed by atoms with E-state index in [4.69, 9.17) is 0 Å². The first-order valence-electron chi connectivity index (χ1n) is 8.37. The third-order valence-corrected chi connectivity index (χ3v) is 4.73. The molecule has 1 aliphatic heterocycles. The van der Waals surface area contributed by atoms with Crippen molar-refractivity contribution < 1.29 is 0 Å². The summed E-state index contributed by atoms with van der Waals surface area (Å²) in [7, 11) is 0. The minimum Gasteiger partial charge on any atom is -0.291 e. The first kappa shape index (κ1) is 14.5. The van der Waals surface area contributed by atoms with Gasteiger partial charge in [0.2, 0.25) is 0 Å². The zero-order valence-electron chi connectivity index (χ0n) is 13.1. The molecule has 2 aromatic rings. The highest BCUT2D eigenvalue weighted by molar-refractivity contribution is 5.12. The fourth-order valence-corrected chi connectivity index (χ4v) is 3.30. The number of nitrogens with zero attached hydrogens (tertiary/aromatic N) is 5. The van der Waals surface area contributed by atoms with E-state index in [9.17, 15) is 4.79 Å². The van der Waals surface area contributed by atoms with Gasteiger partial charge in [-0.2, -0.15) is 5.10 Å². The number of likely N-dealkylation sites (tertiary alicyclic amines) is 1. The average Bonchev–Trinajstić information content (AvgIpc) is 3.33. The van der Waals surface area contributed by atoms with Crippen LogP contribution in [0.25, 0.3) is 0 Å². The Morgan fingerprint density at radius 2 is 1.96 bits per heavy atom. The third-order valence-electron chi connectivity index (χ3n) is 4.73. The molecule has 2 fully saturated rings. The van der Waals surface area contributed by atoms with E-state index in [2.05, 4.69) is 20.0 Å². The Morgan fingerprint density at radius 3 is 2.74 bits per heavy atom. The number of aromatic nitrogens is 4. The molecule has 4 rings (SSSR count). The van der Waals surface area contributed by atoms with Gasteiger partial charge in [-0.05, 0) is 44.4 Å². The van der Waals surface area contributed by atoms with Gasteiger partial charge in [0.15, 0.2) is 0 Å². The van der Waals surface area contributed by atoms with Crippen molar-refractivity contribution in [2.45, 2.75) is 50.7 Å². The Bertz CT molecular complexity index is 725. The highest BCUT2D eigenvalue weighted by Crippen LogP contribution is 2.38. The van der Waals surface area contributed by atoms with Gasteiger partial charge >= 0.3 is 0 Å². The van der Waals surface area contributed by atoms with Crippen molar-refractivity contribution in [3.8, 4) is 0 Å². The molecule has 0 radical (unpaired) electrons. The summed E-state index contributed by atoms with van der Waals surface area (Å²) in [6.07, 6.45) is 8.19. The third kappa shape index (κ3) is 3.32. The molecule has 1 saturated heterocycles. The molecule has 0 amide bonds. The molecule has 6 nitrogen and oxygen atoms in total. The topological polar surface area (TPSA) is 63.9 Å². The molecule has 2 aromatic heterocycles. The van der Waals surface area contributed by atoms with E-state index in [0.717, 1.165) is 37.4 Å². The van der Waals surface area contributed by atoms with Gasteiger partial charge < -0.3 is 0 Å². The van der Waals surface area contributed by atoms with Crippen LogP contribution in [0.3, 0.4) is 0 Å². The molecule has 120 valence electrons.